The summed E-state index contributed by atoms with van der Waals surface area (Å²) in [6.45, 7) is 0.304. The van der Waals surface area contributed by atoms with Crippen molar-refractivity contribution < 1.29 is 9.59 Å². The molecular weight excluding hydrogens is 374 g/mol. The molecule has 30 heavy (non-hydrogen) atoms. The van der Waals surface area contributed by atoms with Gasteiger partial charge in [-0.1, -0.05) is 42.5 Å². The van der Waals surface area contributed by atoms with E-state index in [1.807, 2.05) is 72.8 Å². The molecule has 1 amide bonds. The van der Waals surface area contributed by atoms with Gasteiger partial charge in [0.25, 0.3) is 11.7 Å². The first-order valence-corrected chi connectivity index (χ1v) is 9.64. The topological polar surface area (TPSA) is 63.2 Å². The van der Waals surface area contributed by atoms with Crippen LogP contribution in [0, 0.1) is 0 Å². The zero-order valence-electron chi connectivity index (χ0n) is 16.0. The fourth-order valence-corrected chi connectivity index (χ4v) is 3.65. The van der Waals surface area contributed by atoms with E-state index in [0.717, 1.165) is 27.7 Å². The van der Waals surface area contributed by atoms with E-state index in [2.05, 4.69) is 9.97 Å². The second-order valence-electron chi connectivity index (χ2n) is 7.05. The summed E-state index contributed by atoms with van der Waals surface area (Å²) >= 11 is 0. The van der Waals surface area contributed by atoms with Crippen LogP contribution < -0.4 is 4.90 Å². The number of Topliss-reactive ketones (excluding diaryl/α,β-unsaturated/α-hetero) is 1. The number of pyridine rings is 2. The third-order valence-electron chi connectivity index (χ3n) is 5.16. The molecule has 0 bridgehead atoms. The Morgan fingerprint density at radius 2 is 1.80 bits per heavy atom. The first-order valence-electron chi connectivity index (χ1n) is 9.64. The molecule has 0 spiro atoms. The van der Waals surface area contributed by atoms with Gasteiger partial charge in [0.15, 0.2) is 0 Å². The van der Waals surface area contributed by atoms with Crippen molar-refractivity contribution in [1.82, 2.24) is 9.97 Å². The first kappa shape index (κ1) is 17.9. The maximum Gasteiger partial charge on any atom is 0.299 e. The molecule has 5 nitrogen and oxygen atoms in total. The number of hydrogen-bond acceptors (Lipinski definition) is 4. The van der Waals surface area contributed by atoms with Crippen LogP contribution in [0.1, 0.15) is 16.1 Å². The van der Waals surface area contributed by atoms with Gasteiger partial charge in [-0.25, -0.2) is 4.98 Å². The Balaban J connectivity index is 1.40. The molecule has 0 fully saturated rings. The van der Waals surface area contributed by atoms with Crippen LogP contribution >= 0.6 is 0 Å². The van der Waals surface area contributed by atoms with Gasteiger partial charge in [0.1, 0.15) is 0 Å². The average molecular weight is 391 g/mol. The van der Waals surface area contributed by atoms with Crippen LogP contribution in [0.4, 0.5) is 5.69 Å². The molecule has 0 saturated carbocycles. The number of fused-ring (bicyclic) bond motifs is 2. The molecule has 0 atom stereocenters. The van der Waals surface area contributed by atoms with Crippen molar-refractivity contribution in [2.75, 3.05) is 11.4 Å². The predicted octanol–water partition coefficient (Wildman–Crippen LogP) is 4.54. The number of aromatic nitrogens is 2. The van der Waals surface area contributed by atoms with Crippen LogP contribution in [0.5, 0.6) is 0 Å². The molecule has 4 aromatic rings. The summed E-state index contributed by atoms with van der Waals surface area (Å²) in [5.41, 5.74) is 4.55. The Morgan fingerprint density at radius 1 is 0.900 bits per heavy atom. The lowest BCUT2D eigenvalue weighted by Crippen LogP contribution is -2.29. The molecule has 0 unspecified atom stereocenters. The van der Waals surface area contributed by atoms with Crippen molar-refractivity contribution in [2.24, 2.45) is 0 Å². The molecule has 3 heterocycles. The first-order chi connectivity index (χ1) is 14.7. The summed E-state index contributed by atoms with van der Waals surface area (Å²) in [6, 6.07) is 21.1. The van der Waals surface area contributed by atoms with Crippen molar-refractivity contribution in [3.05, 3.63) is 96.5 Å². The van der Waals surface area contributed by atoms with Crippen LogP contribution in [0.3, 0.4) is 0 Å². The Bertz CT molecular complexity index is 1310. The lowest BCUT2D eigenvalue weighted by atomic mass is 10.0. The molecule has 1 aliphatic rings. The van der Waals surface area contributed by atoms with E-state index in [1.54, 1.807) is 18.5 Å². The van der Waals surface area contributed by atoms with Crippen molar-refractivity contribution in [3.8, 4) is 11.1 Å². The van der Waals surface area contributed by atoms with Crippen LogP contribution in [0.15, 0.2) is 85.2 Å². The smallest absolute Gasteiger partial charge is 0.299 e. The van der Waals surface area contributed by atoms with E-state index in [-0.39, 0.29) is 0 Å². The normalized spacial score (nSPS) is 13.4. The third kappa shape index (κ3) is 3.16. The summed E-state index contributed by atoms with van der Waals surface area (Å²) in [6.07, 6.45) is 7.16. The number of amides is 1. The van der Waals surface area contributed by atoms with E-state index in [9.17, 15) is 9.59 Å². The van der Waals surface area contributed by atoms with Crippen molar-refractivity contribution >= 4 is 34.4 Å². The molecule has 0 saturated heterocycles. The second kappa shape index (κ2) is 7.37. The molecule has 144 valence electrons. The van der Waals surface area contributed by atoms with E-state index in [4.69, 9.17) is 0 Å². The SMILES string of the molecule is O=C1C(=O)N(C/C=C/c2ccc3ccccc3n2)c2ccc(-c3cccnc3)cc21. The number of rotatable bonds is 4. The van der Waals surface area contributed by atoms with Gasteiger partial charge >= 0.3 is 0 Å². The number of carbonyl (C=O) groups is 2. The standard InChI is InChI=1S/C25H17N3O2/c29-24-21-15-18(19-6-3-13-26-16-19)10-12-23(21)28(25(24)30)14-4-7-20-11-9-17-5-1-2-8-22(17)27-20/h1-13,15-16H,14H2/b7-4+. The summed E-state index contributed by atoms with van der Waals surface area (Å²) in [5, 5.41) is 1.08. The minimum Gasteiger partial charge on any atom is -0.301 e. The number of benzene rings is 2. The van der Waals surface area contributed by atoms with Crippen LogP contribution in [-0.2, 0) is 4.79 Å². The van der Waals surface area contributed by atoms with Gasteiger partial charge in [0.05, 0.1) is 22.5 Å². The number of nitrogens with zero attached hydrogens (tertiary/aromatic N) is 3. The molecule has 2 aromatic carbocycles. The molecule has 5 rings (SSSR count). The molecule has 0 N–H and O–H groups in total. The number of para-hydroxylation sites is 1. The lowest BCUT2D eigenvalue weighted by Gasteiger charge is -2.14. The molecule has 1 aliphatic heterocycles. The Hall–Kier alpha value is -4.12. The maximum atomic E-state index is 12.5. The van der Waals surface area contributed by atoms with Crippen LogP contribution in [0.2, 0.25) is 0 Å². The summed E-state index contributed by atoms with van der Waals surface area (Å²) in [5.74, 6) is -0.988. The van der Waals surface area contributed by atoms with Crippen LogP contribution in [0.25, 0.3) is 28.1 Å². The highest BCUT2D eigenvalue weighted by Crippen LogP contribution is 2.32. The molecule has 5 heteroatoms. The number of ketones is 1. The Kier molecular flexibility index (Phi) is 4.41. The van der Waals surface area contributed by atoms with E-state index in [0.29, 0.717) is 17.8 Å². The average Bonchev–Trinajstić information content (AvgIpc) is 3.04. The lowest BCUT2D eigenvalue weighted by molar-refractivity contribution is -0.114. The number of anilines is 1. The predicted molar refractivity (Wildman–Crippen MR) is 117 cm³/mol. The second-order valence-corrected chi connectivity index (χ2v) is 7.05. The van der Waals surface area contributed by atoms with Gasteiger partial charge < -0.3 is 4.90 Å². The van der Waals surface area contributed by atoms with Gasteiger partial charge in [0.2, 0.25) is 0 Å². The van der Waals surface area contributed by atoms with Crippen molar-refractivity contribution in [1.29, 1.82) is 0 Å². The molecule has 0 aliphatic carbocycles. The van der Waals surface area contributed by atoms with Gasteiger partial charge in [-0.2, -0.15) is 0 Å². The monoisotopic (exact) mass is 391 g/mol. The van der Waals surface area contributed by atoms with Crippen LogP contribution in [-0.4, -0.2) is 28.2 Å². The van der Waals surface area contributed by atoms with Gasteiger partial charge in [-0.05, 0) is 42.0 Å². The zero-order chi connectivity index (χ0) is 20.5. The fraction of sp³-hybridized carbons (Fsp3) is 0.0400. The highest BCUT2D eigenvalue weighted by molar-refractivity contribution is 6.52. The highest BCUT2D eigenvalue weighted by Gasteiger charge is 2.35. The zero-order valence-corrected chi connectivity index (χ0v) is 16.0. The quantitative estimate of drug-likeness (QED) is 0.479. The minimum absolute atomic E-state index is 0.304. The van der Waals surface area contributed by atoms with Gasteiger partial charge in [-0.3, -0.25) is 14.6 Å². The van der Waals surface area contributed by atoms with Crippen molar-refractivity contribution in [2.45, 2.75) is 0 Å². The Morgan fingerprint density at radius 3 is 2.67 bits per heavy atom. The maximum absolute atomic E-state index is 12.5. The van der Waals surface area contributed by atoms with Crippen molar-refractivity contribution in [3.63, 3.8) is 0 Å². The molecular formula is C25H17N3O2. The van der Waals surface area contributed by atoms with Gasteiger partial charge in [-0.15, -0.1) is 0 Å². The summed E-state index contributed by atoms with van der Waals surface area (Å²) < 4.78 is 0. The summed E-state index contributed by atoms with van der Waals surface area (Å²) in [7, 11) is 0. The fourth-order valence-electron chi connectivity index (χ4n) is 3.65. The number of carbonyl (C=O) groups excluding carboxylic acids is 2. The minimum atomic E-state index is -0.510. The van der Waals surface area contributed by atoms with E-state index in [1.165, 1.54) is 4.90 Å². The van der Waals surface area contributed by atoms with Gasteiger partial charge in [0, 0.05) is 29.9 Å². The largest absolute Gasteiger partial charge is 0.301 e. The highest BCUT2D eigenvalue weighted by atomic mass is 16.2. The molecule has 0 radical (unpaired) electrons. The summed E-state index contributed by atoms with van der Waals surface area (Å²) in [4.78, 5) is 35.3. The number of hydrogen-bond donors (Lipinski definition) is 0. The Labute approximate surface area is 173 Å². The van der Waals surface area contributed by atoms with E-state index >= 15 is 0 Å². The van der Waals surface area contributed by atoms with E-state index < -0.39 is 11.7 Å². The third-order valence-corrected chi connectivity index (χ3v) is 5.16. The molecule has 2 aromatic heterocycles.